The summed E-state index contributed by atoms with van der Waals surface area (Å²) in [5.41, 5.74) is 5.54. The van der Waals surface area contributed by atoms with E-state index in [-0.39, 0.29) is 5.91 Å². The average molecular weight is 206 g/mol. The summed E-state index contributed by atoms with van der Waals surface area (Å²) in [4.78, 5) is 21.4. The highest BCUT2D eigenvalue weighted by Crippen LogP contribution is 2.09. The quantitative estimate of drug-likeness (QED) is 0.768. The van der Waals surface area contributed by atoms with E-state index in [9.17, 15) is 4.79 Å². The summed E-state index contributed by atoms with van der Waals surface area (Å²) in [6.45, 7) is 1.56. The Bertz CT molecular complexity index is 366. The molecule has 2 heterocycles. The molecule has 2 N–H and O–H groups in total. The molecule has 0 atom stereocenters. The molecule has 0 radical (unpaired) electrons. The molecule has 1 aromatic heterocycles. The van der Waals surface area contributed by atoms with Crippen molar-refractivity contribution in [1.82, 2.24) is 14.9 Å². The molecule has 1 aliphatic heterocycles. The Labute approximate surface area is 88.3 Å². The van der Waals surface area contributed by atoms with E-state index in [0.29, 0.717) is 31.0 Å². The van der Waals surface area contributed by atoms with Crippen molar-refractivity contribution in [2.45, 2.75) is 19.3 Å². The van der Waals surface area contributed by atoms with Crippen molar-refractivity contribution < 1.29 is 4.79 Å². The van der Waals surface area contributed by atoms with Gasteiger partial charge in [-0.25, -0.2) is 9.97 Å². The van der Waals surface area contributed by atoms with Gasteiger partial charge in [-0.05, 0) is 12.5 Å². The number of amides is 1. The number of nitrogen functional groups attached to an aromatic ring is 1. The van der Waals surface area contributed by atoms with Gasteiger partial charge in [0.25, 0.3) is 0 Å². The van der Waals surface area contributed by atoms with E-state index in [4.69, 9.17) is 5.73 Å². The number of anilines is 1. The van der Waals surface area contributed by atoms with Gasteiger partial charge in [0.15, 0.2) is 0 Å². The Morgan fingerprint density at radius 2 is 2.40 bits per heavy atom. The standard InChI is InChI=1S/C10H14N4O/c11-8-3-5-12-9(13-8)4-7-14-6-1-2-10(14)15/h3,5H,1-2,4,6-7H2,(H2,11,12,13). The van der Waals surface area contributed by atoms with E-state index < -0.39 is 0 Å². The summed E-state index contributed by atoms with van der Waals surface area (Å²) < 4.78 is 0. The first-order chi connectivity index (χ1) is 7.25. The minimum atomic E-state index is 0.235. The molecular formula is C10H14N4O. The molecule has 0 aromatic carbocycles. The molecule has 1 fully saturated rings. The van der Waals surface area contributed by atoms with Gasteiger partial charge in [-0.3, -0.25) is 4.79 Å². The van der Waals surface area contributed by atoms with Crippen LogP contribution in [0.5, 0.6) is 0 Å². The highest BCUT2D eigenvalue weighted by atomic mass is 16.2. The van der Waals surface area contributed by atoms with Gasteiger partial charge in [0, 0.05) is 32.1 Å². The van der Waals surface area contributed by atoms with E-state index in [1.807, 2.05) is 4.90 Å². The van der Waals surface area contributed by atoms with E-state index in [0.717, 1.165) is 13.0 Å². The van der Waals surface area contributed by atoms with Crippen LogP contribution in [0.3, 0.4) is 0 Å². The van der Waals surface area contributed by atoms with Crippen LogP contribution in [0.25, 0.3) is 0 Å². The van der Waals surface area contributed by atoms with Gasteiger partial charge in [-0.1, -0.05) is 0 Å². The zero-order valence-corrected chi connectivity index (χ0v) is 8.52. The normalized spacial score (nSPS) is 16.0. The largest absolute Gasteiger partial charge is 0.384 e. The molecule has 5 nitrogen and oxygen atoms in total. The maximum atomic E-state index is 11.3. The summed E-state index contributed by atoms with van der Waals surface area (Å²) >= 11 is 0. The molecule has 0 saturated carbocycles. The number of hydrogen-bond acceptors (Lipinski definition) is 4. The Hall–Kier alpha value is -1.65. The fourth-order valence-electron chi connectivity index (χ4n) is 1.71. The van der Waals surface area contributed by atoms with Gasteiger partial charge in [-0.15, -0.1) is 0 Å². The second-order valence-electron chi connectivity index (χ2n) is 3.63. The molecule has 15 heavy (non-hydrogen) atoms. The van der Waals surface area contributed by atoms with Crippen LogP contribution in [0.15, 0.2) is 12.3 Å². The van der Waals surface area contributed by atoms with E-state index in [1.54, 1.807) is 12.3 Å². The van der Waals surface area contributed by atoms with Crippen LogP contribution in [0.4, 0.5) is 5.82 Å². The van der Waals surface area contributed by atoms with Crippen LogP contribution < -0.4 is 5.73 Å². The molecule has 1 aliphatic rings. The summed E-state index contributed by atoms with van der Waals surface area (Å²) in [5, 5.41) is 0. The second kappa shape index (κ2) is 4.25. The van der Waals surface area contributed by atoms with Gasteiger partial charge in [0.2, 0.25) is 5.91 Å². The van der Waals surface area contributed by atoms with Crippen molar-refractivity contribution in [3.8, 4) is 0 Å². The van der Waals surface area contributed by atoms with Crippen LogP contribution in [0.1, 0.15) is 18.7 Å². The van der Waals surface area contributed by atoms with Gasteiger partial charge in [0.05, 0.1) is 0 Å². The predicted molar refractivity (Wildman–Crippen MR) is 56.0 cm³/mol. The van der Waals surface area contributed by atoms with Crippen molar-refractivity contribution in [3.05, 3.63) is 18.1 Å². The minimum absolute atomic E-state index is 0.235. The Morgan fingerprint density at radius 3 is 3.07 bits per heavy atom. The molecule has 0 bridgehead atoms. The molecule has 1 amide bonds. The van der Waals surface area contributed by atoms with Crippen molar-refractivity contribution in [2.75, 3.05) is 18.8 Å². The highest BCUT2D eigenvalue weighted by molar-refractivity contribution is 5.78. The predicted octanol–water partition coefficient (Wildman–Crippen LogP) is 0.224. The van der Waals surface area contributed by atoms with Crippen LogP contribution in [0, 0.1) is 0 Å². The maximum Gasteiger partial charge on any atom is 0.222 e. The Balaban J connectivity index is 1.90. The average Bonchev–Trinajstić information content (AvgIpc) is 2.61. The first-order valence-electron chi connectivity index (χ1n) is 5.11. The lowest BCUT2D eigenvalue weighted by Crippen LogP contribution is -2.27. The molecule has 1 aromatic rings. The highest BCUT2D eigenvalue weighted by Gasteiger charge is 2.19. The topological polar surface area (TPSA) is 72.1 Å². The van der Waals surface area contributed by atoms with Gasteiger partial charge < -0.3 is 10.6 Å². The zero-order chi connectivity index (χ0) is 10.7. The number of hydrogen-bond donors (Lipinski definition) is 1. The zero-order valence-electron chi connectivity index (χ0n) is 8.52. The molecule has 80 valence electrons. The number of likely N-dealkylation sites (tertiary alicyclic amines) is 1. The number of nitrogens with zero attached hydrogens (tertiary/aromatic N) is 3. The summed E-state index contributed by atoms with van der Waals surface area (Å²) in [6, 6.07) is 1.66. The van der Waals surface area contributed by atoms with E-state index >= 15 is 0 Å². The van der Waals surface area contributed by atoms with Gasteiger partial charge >= 0.3 is 0 Å². The molecular weight excluding hydrogens is 192 g/mol. The second-order valence-corrected chi connectivity index (χ2v) is 3.63. The smallest absolute Gasteiger partial charge is 0.222 e. The first-order valence-corrected chi connectivity index (χ1v) is 5.11. The van der Waals surface area contributed by atoms with Crippen LogP contribution in [-0.2, 0) is 11.2 Å². The van der Waals surface area contributed by atoms with Crippen molar-refractivity contribution >= 4 is 11.7 Å². The number of rotatable bonds is 3. The van der Waals surface area contributed by atoms with Crippen LogP contribution in [0.2, 0.25) is 0 Å². The number of carbonyl (C=O) groups excluding carboxylic acids is 1. The Kier molecular flexibility index (Phi) is 2.80. The van der Waals surface area contributed by atoms with Gasteiger partial charge in [0.1, 0.15) is 11.6 Å². The van der Waals surface area contributed by atoms with Crippen molar-refractivity contribution in [3.63, 3.8) is 0 Å². The summed E-state index contributed by atoms with van der Waals surface area (Å²) in [5.74, 6) is 1.42. The third-order valence-corrected chi connectivity index (χ3v) is 2.50. The lowest BCUT2D eigenvalue weighted by Gasteiger charge is -2.14. The summed E-state index contributed by atoms with van der Waals surface area (Å²) in [6.07, 6.45) is 3.97. The van der Waals surface area contributed by atoms with E-state index in [2.05, 4.69) is 9.97 Å². The van der Waals surface area contributed by atoms with Crippen LogP contribution in [-0.4, -0.2) is 33.9 Å². The SMILES string of the molecule is Nc1ccnc(CCN2CCCC2=O)n1. The maximum absolute atomic E-state index is 11.3. The number of aromatic nitrogens is 2. The number of nitrogens with two attached hydrogens (primary N) is 1. The molecule has 0 unspecified atom stereocenters. The number of carbonyl (C=O) groups is 1. The Morgan fingerprint density at radius 1 is 1.53 bits per heavy atom. The summed E-state index contributed by atoms with van der Waals surface area (Å²) in [7, 11) is 0. The first kappa shape index (κ1) is 9.89. The lowest BCUT2D eigenvalue weighted by atomic mass is 10.3. The molecule has 0 spiro atoms. The minimum Gasteiger partial charge on any atom is -0.384 e. The molecule has 5 heteroatoms. The van der Waals surface area contributed by atoms with Crippen LogP contribution >= 0.6 is 0 Å². The third kappa shape index (κ3) is 2.43. The molecule has 2 rings (SSSR count). The third-order valence-electron chi connectivity index (χ3n) is 2.50. The van der Waals surface area contributed by atoms with Crippen molar-refractivity contribution in [2.24, 2.45) is 0 Å². The lowest BCUT2D eigenvalue weighted by molar-refractivity contribution is -0.127. The van der Waals surface area contributed by atoms with Crippen molar-refractivity contribution in [1.29, 1.82) is 0 Å². The van der Waals surface area contributed by atoms with E-state index in [1.165, 1.54) is 0 Å². The van der Waals surface area contributed by atoms with Gasteiger partial charge in [-0.2, -0.15) is 0 Å². The fourth-order valence-corrected chi connectivity index (χ4v) is 1.71. The fraction of sp³-hybridized carbons (Fsp3) is 0.500. The monoisotopic (exact) mass is 206 g/mol. The molecule has 1 saturated heterocycles. The molecule has 0 aliphatic carbocycles.